The number of anilines is 1. The number of hydrogen-bond acceptors (Lipinski definition) is 13. The predicted octanol–water partition coefficient (Wildman–Crippen LogP) is 5.50. The number of piperazine rings is 2. The van der Waals surface area contributed by atoms with E-state index in [4.69, 9.17) is 24.2 Å². The van der Waals surface area contributed by atoms with Crippen molar-refractivity contribution in [2.75, 3.05) is 104 Å². The molecule has 1 aromatic carbocycles. The van der Waals surface area contributed by atoms with Crippen LogP contribution in [0.4, 0.5) is 10.5 Å². The van der Waals surface area contributed by atoms with E-state index in [0.29, 0.717) is 32.4 Å². The second-order valence-corrected chi connectivity index (χ2v) is 21.1. The summed E-state index contributed by atoms with van der Waals surface area (Å²) in [5, 5.41) is 6.60. The number of aliphatic imine (C=N–C) groups is 1. The first-order valence-electron chi connectivity index (χ1n) is 24.0. The number of urea groups is 1. The molecule has 3 fully saturated rings. The van der Waals surface area contributed by atoms with Gasteiger partial charge in [0, 0.05) is 120 Å². The molecule has 5 atom stereocenters. The molecule has 3 aromatic rings. The van der Waals surface area contributed by atoms with Gasteiger partial charge in [0.05, 0.1) is 53.7 Å². The van der Waals surface area contributed by atoms with Crippen molar-refractivity contribution in [3.05, 3.63) is 47.3 Å². The Labute approximate surface area is 395 Å². The highest BCUT2D eigenvalue weighted by atomic mass is 32.2. The number of nitrogens with one attached hydrogen (secondary N) is 2. The Morgan fingerprint density at radius 2 is 1.86 bits per heavy atom. The highest BCUT2D eigenvalue weighted by Gasteiger charge is 2.44. The van der Waals surface area contributed by atoms with Crippen molar-refractivity contribution >= 4 is 51.3 Å². The van der Waals surface area contributed by atoms with Crippen molar-refractivity contribution < 1.29 is 28.6 Å². The molecule has 17 heteroatoms. The quantitative estimate of drug-likeness (QED) is 0.261. The van der Waals surface area contributed by atoms with Gasteiger partial charge >= 0.3 is 12.0 Å². The summed E-state index contributed by atoms with van der Waals surface area (Å²) in [6.45, 7) is 21.1. The lowest BCUT2D eigenvalue weighted by Crippen LogP contribution is -2.66. The number of benzene rings is 1. The summed E-state index contributed by atoms with van der Waals surface area (Å²) in [6, 6.07) is 7.73. The maximum absolute atomic E-state index is 14.6. The zero-order valence-corrected chi connectivity index (χ0v) is 41.5. The Balaban J connectivity index is 1.21. The fourth-order valence-corrected chi connectivity index (χ4v) is 11.5. The topological polar surface area (TPSA) is 149 Å². The van der Waals surface area contributed by atoms with Crippen molar-refractivity contribution in [3.63, 3.8) is 0 Å². The minimum Gasteiger partial charge on any atom is -0.464 e. The third-order valence-electron chi connectivity index (χ3n) is 14.3. The average molecular weight is 929 g/mol. The number of amides is 3. The Hall–Kier alpha value is -4.26. The summed E-state index contributed by atoms with van der Waals surface area (Å²) < 4.78 is 20.1. The highest BCUT2D eigenvalue weighted by molar-refractivity contribution is 8.14. The summed E-state index contributed by atoms with van der Waals surface area (Å²) in [4.78, 5) is 62.2. The van der Waals surface area contributed by atoms with E-state index >= 15 is 0 Å². The number of hydrazine groups is 1. The molecule has 6 bridgehead atoms. The minimum atomic E-state index is -1.15. The van der Waals surface area contributed by atoms with E-state index in [1.807, 2.05) is 24.9 Å². The molecule has 5 aliphatic heterocycles. The van der Waals surface area contributed by atoms with E-state index < -0.39 is 23.0 Å². The minimum absolute atomic E-state index is 0.0124. The van der Waals surface area contributed by atoms with Crippen LogP contribution in [-0.4, -0.2) is 169 Å². The molecule has 2 aromatic heterocycles. The Bertz CT molecular complexity index is 2290. The van der Waals surface area contributed by atoms with Crippen molar-refractivity contribution in [1.82, 2.24) is 40.0 Å². The fourth-order valence-electron chi connectivity index (χ4n) is 10.4. The van der Waals surface area contributed by atoms with Gasteiger partial charge in [-0.05, 0) is 83.3 Å². The van der Waals surface area contributed by atoms with Gasteiger partial charge in [0.2, 0.25) is 0 Å². The van der Waals surface area contributed by atoms with Gasteiger partial charge in [0.15, 0.2) is 0 Å². The second kappa shape index (κ2) is 20.1. The number of aromatic nitrogens is 2. The number of pyridine rings is 1. The maximum Gasteiger partial charge on any atom is 0.327 e. The fraction of sp³-hybridized carbons (Fsp3) is 0.653. The molecular formula is C49H72N10O6S. The second-order valence-electron chi connectivity index (χ2n) is 20.0. The van der Waals surface area contributed by atoms with Crippen LogP contribution in [0.3, 0.4) is 0 Å². The molecule has 2 N–H and O–H groups in total. The number of hydrogen-bond donors (Lipinski definition) is 2. The molecule has 8 rings (SSSR count). The van der Waals surface area contributed by atoms with Gasteiger partial charge < -0.3 is 38.8 Å². The van der Waals surface area contributed by atoms with Gasteiger partial charge in [0.1, 0.15) is 11.6 Å². The van der Waals surface area contributed by atoms with Crippen molar-refractivity contribution in [2.45, 2.75) is 104 Å². The molecule has 66 heavy (non-hydrogen) atoms. The Morgan fingerprint density at radius 3 is 2.59 bits per heavy atom. The molecule has 0 aliphatic carbocycles. The lowest BCUT2D eigenvalue weighted by Gasteiger charge is -2.42. The number of esters is 1. The van der Waals surface area contributed by atoms with Gasteiger partial charge in [0.25, 0.3) is 5.91 Å². The van der Waals surface area contributed by atoms with E-state index in [-0.39, 0.29) is 43.2 Å². The van der Waals surface area contributed by atoms with E-state index in [0.717, 1.165) is 109 Å². The number of ether oxygens (including phenoxy) is 3. The average Bonchev–Trinajstić information content (AvgIpc) is 3.90. The van der Waals surface area contributed by atoms with Gasteiger partial charge in [-0.1, -0.05) is 19.9 Å². The molecule has 3 saturated heterocycles. The number of nitrogens with zero attached hydrogens (tertiary/aromatic N) is 8. The molecule has 3 amide bonds. The van der Waals surface area contributed by atoms with Crippen LogP contribution in [-0.2, 0) is 36.8 Å². The first kappa shape index (κ1) is 48.2. The van der Waals surface area contributed by atoms with Crippen LogP contribution < -0.4 is 15.6 Å². The van der Waals surface area contributed by atoms with E-state index in [1.54, 1.807) is 26.0 Å². The van der Waals surface area contributed by atoms with Crippen molar-refractivity contribution in [1.29, 1.82) is 0 Å². The zero-order valence-electron chi connectivity index (χ0n) is 40.7. The van der Waals surface area contributed by atoms with E-state index in [9.17, 15) is 14.4 Å². The summed E-state index contributed by atoms with van der Waals surface area (Å²) in [5.74, 6) is 0.0192. The molecule has 0 saturated carbocycles. The monoisotopic (exact) mass is 929 g/mol. The van der Waals surface area contributed by atoms with E-state index in [2.05, 4.69) is 89.0 Å². The van der Waals surface area contributed by atoms with Crippen LogP contribution in [0.15, 0.2) is 35.5 Å². The molecule has 0 spiro atoms. The summed E-state index contributed by atoms with van der Waals surface area (Å²) in [5.41, 5.74) is 9.09. The molecule has 16 nitrogen and oxygen atoms in total. The third-order valence-corrected chi connectivity index (χ3v) is 15.4. The number of thioether (sulfide) groups is 1. The molecule has 1 unspecified atom stereocenters. The highest BCUT2D eigenvalue weighted by Crippen LogP contribution is 2.44. The van der Waals surface area contributed by atoms with Gasteiger partial charge in [-0.25, -0.2) is 15.0 Å². The van der Waals surface area contributed by atoms with Crippen molar-refractivity contribution in [3.8, 4) is 11.3 Å². The summed E-state index contributed by atoms with van der Waals surface area (Å²) in [7, 11) is 5.54. The van der Waals surface area contributed by atoms with Gasteiger partial charge in [-0.2, -0.15) is 0 Å². The number of fused-ring (bicyclic) bond motifs is 5. The lowest BCUT2D eigenvalue weighted by atomic mass is 9.84. The van der Waals surface area contributed by atoms with Crippen LogP contribution in [0.25, 0.3) is 22.2 Å². The van der Waals surface area contributed by atoms with Crippen LogP contribution >= 0.6 is 11.8 Å². The number of methoxy groups -OCH3 is 2. The van der Waals surface area contributed by atoms with Crippen LogP contribution in [0.5, 0.6) is 0 Å². The SMILES string of the molecule is CCn1c(-c2cc(N3CCN(CCOC)CC3)cnc2[C@H](C)OC)c2c3cc(ccc31)C1CSC(=N1)C[C@H](NC(=O)N1CCN(C)C[C@@H]1C)C(=O)N1CCC[C@@](C)(N1)C(=O)OCC(C)(C)C2. The lowest BCUT2D eigenvalue weighted by molar-refractivity contribution is -0.162. The molecule has 5 aliphatic rings. The van der Waals surface area contributed by atoms with Crippen LogP contribution in [0, 0.1) is 5.41 Å². The van der Waals surface area contributed by atoms with Crippen molar-refractivity contribution in [2.24, 2.45) is 10.4 Å². The van der Waals surface area contributed by atoms with Gasteiger partial charge in [-0.15, -0.1) is 11.8 Å². The maximum atomic E-state index is 14.6. The smallest absolute Gasteiger partial charge is 0.327 e. The molecule has 7 heterocycles. The standard InChI is InChI=1S/C49H72N10O6S/c1-10-57-41-13-12-34-24-36(41)38(44(57)37-25-35(28-50-43(37)33(3)64-9)56-19-17-55(18-20-56)22-23-63-8)27-48(4,5)31-65-46(61)49(6)14-11-15-59(53-49)45(60)39(26-42-51-40(34)30-66-42)52-47(62)58-21-16-54(7)29-32(58)2/h12-13,24-25,28,32-33,39-40,53H,10-11,14-23,26-27,29-31H2,1-9H3,(H,52,62)/t32-,33-,39-,40?,49+/m0/s1. The normalized spacial score (nSPS) is 26.3. The number of cyclic esters (lactones) is 1. The zero-order chi connectivity index (χ0) is 46.9. The number of carbonyl (C=O) groups is 3. The van der Waals surface area contributed by atoms with E-state index in [1.165, 1.54) is 10.6 Å². The first-order chi connectivity index (χ1) is 31.6. The molecule has 0 radical (unpaired) electrons. The third kappa shape index (κ3) is 10.1. The number of aryl methyl sites for hydroxylation is 1. The number of rotatable bonds is 9. The van der Waals surface area contributed by atoms with Crippen LogP contribution in [0.1, 0.15) is 89.8 Å². The summed E-state index contributed by atoms with van der Waals surface area (Å²) in [6.07, 6.45) is 3.69. The summed E-state index contributed by atoms with van der Waals surface area (Å²) >= 11 is 1.64. The predicted molar refractivity (Wildman–Crippen MR) is 261 cm³/mol. The molecule has 360 valence electrons. The number of carbonyl (C=O) groups excluding carboxylic acids is 3. The Kier molecular flexibility index (Phi) is 14.7. The number of likely N-dealkylation sites (N-methyl/N-ethyl adjacent to an activating group) is 1. The molecular weight excluding hydrogens is 857 g/mol. The Morgan fingerprint density at radius 1 is 1.08 bits per heavy atom. The largest absolute Gasteiger partial charge is 0.464 e. The van der Waals surface area contributed by atoms with Gasteiger partial charge in [-0.3, -0.25) is 24.7 Å². The van der Waals surface area contributed by atoms with Crippen LogP contribution in [0.2, 0.25) is 0 Å². The first-order valence-corrected chi connectivity index (χ1v) is 25.0.